The molecule has 0 aliphatic carbocycles. The molecule has 31 heavy (non-hydrogen) atoms. The van der Waals surface area contributed by atoms with E-state index in [2.05, 4.69) is 31.2 Å². The Morgan fingerprint density at radius 1 is 1.10 bits per heavy atom. The quantitative estimate of drug-likeness (QED) is 0.315. The molecule has 0 unspecified atom stereocenters. The lowest BCUT2D eigenvalue weighted by molar-refractivity contribution is -0.113. The van der Waals surface area contributed by atoms with Gasteiger partial charge >= 0.3 is 0 Å². The Balaban J connectivity index is 1.67. The van der Waals surface area contributed by atoms with Crippen molar-refractivity contribution in [3.63, 3.8) is 0 Å². The zero-order valence-electron chi connectivity index (χ0n) is 16.9. The number of hydrogen-bond donors (Lipinski definition) is 1. The van der Waals surface area contributed by atoms with Crippen LogP contribution in [-0.4, -0.2) is 26.2 Å². The van der Waals surface area contributed by atoms with E-state index in [4.69, 9.17) is 0 Å². The van der Waals surface area contributed by atoms with Gasteiger partial charge in [0.1, 0.15) is 5.82 Å². The van der Waals surface area contributed by atoms with Gasteiger partial charge in [-0.1, -0.05) is 30.0 Å². The van der Waals surface area contributed by atoms with Crippen molar-refractivity contribution in [2.45, 2.75) is 19.0 Å². The predicted octanol–water partition coefficient (Wildman–Crippen LogP) is 4.89. The lowest BCUT2D eigenvalue weighted by atomic mass is 10.2. The summed E-state index contributed by atoms with van der Waals surface area (Å²) in [5.74, 6) is 0.379. The van der Waals surface area contributed by atoms with Crippen LogP contribution < -0.4 is 10.9 Å². The molecule has 156 valence electrons. The lowest BCUT2D eigenvalue weighted by Gasteiger charge is -2.13. The summed E-state index contributed by atoms with van der Waals surface area (Å²) in [6, 6.07) is 16.6. The van der Waals surface area contributed by atoms with Crippen molar-refractivity contribution in [3.05, 3.63) is 86.7 Å². The van der Waals surface area contributed by atoms with Crippen LogP contribution in [0.4, 0.5) is 5.69 Å². The van der Waals surface area contributed by atoms with Crippen LogP contribution in [0.3, 0.4) is 0 Å². The maximum atomic E-state index is 13.2. The van der Waals surface area contributed by atoms with E-state index < -0.39 is 0 Å². The Morgan fingerprint density at radius 3 is 2.65 bits per heavy atom. The third-order valence-electron chi connectivity index (χ3n) is 4.61. The molecule has 0 spiro atoms. The summed E-state index contributed by atoms with van der Waals surface area (Å²) in [6.45, 7) is 3.92. The number of amides is 1. The second kappa shape index (κ2) is 9.03. The molecule has 0 saturated carbocycles. The fourth-order valence-electron chi connectivity index (χ4n) is 3.09. The average Bonchev–Trinajstić information content (AvgIpc) is 2.74. The van der Waals surface area contributed by atoms with E-state index in [1.807, 2.05) is 50.2 Å². The molecule has 0 fully saturated rings. The van der Waals surface area contributed by atoms with Gasteiger partial charge in [-0.15, -0.1) is 0 Å². The lowest BCUT2D eigenvalue weighted by Crippen LogP contribution is -2.23. The molecule has 2 aromatic carbocycles. The number of aromatic nitrogens is 3. The van der Waals surface area contributed by atoms with Gasteiger partial charge in [-0.3, -0.25) is 9.59 Å². The van der Waals surface area contributed by atoms with Gasteiger partial charge in [0, 0.05) is 10.7 Å². The number of para-hydroxylation sites is 1. The molecule has 1 amide bonds. The van der Waals surface area contributed by atoms with Crippen LogP contribution in [-0.2, 0) is 4.79 Å². The van der Waals surface area contributed by atoms with E-state index in [0.29, 0.717) is 27.6 Å². The monoisotopic (exact) mass is 494 g/mol. The van der Waals surface area contributed by atoms with Crippen LogP contribution in [0.5, 0.6) is 0 Å². The summed E-state index contributed by atoms with van der Waals surface area (Å²) in [6.07, 6.45) is 1.66. The smallest absolute Gasteiger partial charge is 0.267 e. The van der Waals surface area contributed by atoms with E-state index in [9.17, 15) is 9.59 Å². The topological polar surface area (TPSA) is 76.9 Å². The molecule has 2 aromatic heterocycles. The molecule has 1 N–H and O–H groups in total. The maximum Gasteiger partial charge on any atom is 0.267 e. The molecule has 2 heterocycles. The van der Waals surface area contributed by atoms with Crippen LogP contribution in [0.25, 0.3) is 16.7 Å². The number of anilines is 1. The zero-order valence-corrected chi connectivity index (χ0v) is 19.3. The minimum Gasteiger partial charge on any atom is -0.324 e. The number of halogens is 1. The van der Waals surface area contributed by atoms with Gasteiger partial charge in [0.05, 0.1) is 22.3 Å². The molecule has 0 saturated heterocycles. The Labute approximate surface area is 191 Å². The van der Waals surface area contributed by atoms with Crippen molar-refractivity contribution in [1.82, 2.24) is 14.5 Å². The van der Waals surface area contributed by atoms with Crippen LogP contribution in [0, 0.1) is 13.8 Å². The Hall–Kier alpha value is -2.97. The van der Waals surface area contributed by atoms with Crippen molar-refractivity contribution >= 4 is 50.2 Å². The predicted molar refractivity (Wildman–Crippen MR) is 128 cm³/mol. The number of carbonyl (C=O) groups is 1. The fourth-order valence-corrected chi connectivity index (χ4v) is 4.48. The highest BCUT2D eigenvalue weighted by molar-refractivity contribution is 9.10. The van der Waals surface area contributed by atoms with Gasteiger partial charge in [-0.05, 0) is 77.3 Å². The Kier molecular flexibility index (Phi) is 6.20. The number of nitrogens with one attached hydrogen (secondary N) is 1. The molecule has 0 radical (unpaired) electrons. The number of rotatable bonds is 5. The van der Waals surface area contributed by atoms with Crippen LogP contribution >= 0.6 is 27.7 Å². The standard InChI is InChI=1S/C23H19BrN4O2S/c1-14-7-8-19(17(24)11-14)26-21(29)13-31-23-27-18-6-4-3-5-16(18)22(30)28(23)20-12-15(2)9-10-25-20/h3-12H,13H2,1-2H3,(H,26,29). The molecule has 4 rings (SSSR count). The summed E-state index contributed by atoms with van der Waals surface area (Å²) in [7, 11) is 0. The van der Waals surface area contributed by atoms with Gasteiger partial charge < -0.3 is 5.32 Å². The average molecular weight is 495 g/mol. The third kappa shape index (κ3) is 4.70. The Bertz CT molecular complexity index is 1350. The van der Waals surface area contributed by atoms with Gasteiger partial charge in [0.25, 0.3) is 5.56 Å². The molecule has 8 heteroatoms. The highest BCUT2D eigenvalue weighted by Gasteiger charge is 2.16. The number of carbonyl (C=O) groups excluding carboxylic acids is 1. The first-order valence-electron chi connectivity index (χ1n) is 9.56. The number of thioether (sulfide) groups is 1. The normalized spacial score (nSPS) is 10.9. The summed E-state index contributed by atoms with van der Waals surface area (Å²) in [5, 5.41) is 3.81. The SMILES string of the molecule is Cc1ccnc(-n2c(SCC(=O)Nc3ccc(C)cc3Br)nc3ccccc3c2=O)c1. The van der Waals surface area contributed by atoms with Crippen molar-refractivity contribution < 1.29 is 4.79 Å². The van der Waals surface area contributed by atoms with Gasteiger partial charge in [-0.25, -0.2) is 14.5 Å². The minimum atomic E-state index is -0.215. The molecule has 6 nitrogen and oxygen atoms in total. The Morgan fingerprint density at radius 2 is 1.87 bits per heavy atom. The number of benzene rings is 2. The van der Waals surface area contributed by atoms with E-state index in [-0.39, 0.29) is 17.2 Å². The summed E-state index contributed by atoms with van der Waals surface area (Å²) in [5.41, 5.74) is 3.13. The summed E-state index contributed by atoms with van der Waals surface area (Å²) < 4.78 is 2.28. The highest BCUT2D eigenvalue weighted by atomic mass is 79.9. The first kappa shape index (κ1) is 21.3. The zero-order chi connectivity index (χ0) is 22.0. The number of hydrogen-bond acceptors (Lipinski definition) is 5. The van der Waals surface area contributed by atoms with Gasteiger partial charge in [-0.2, -0.15) is 0 Å². The maximum absolute atomic E-state index is 13.2. The number of pyridine rings is 1. The van der Waals surface area contributed by atoms with Crippen molar-refractivity contribution in [2.75, 3.05) is 11.1 Å². The second-order valence-corrected chi connectivity index (χ2v) is 8.86. The van der Waals surface area contributed by atoms with Crippen molar-refractivity contribution in [1.29, 1.82) is 0 Å². The molecule has 0 atom stereocenters. The van der Waals surface area contributed by atoms with Crippen molar-refractivity contribution in [3.8, 4) is 5.82 Å². The van der Waals surface area contributed by atoms with Crippen molar-refractivity contribution in [2.24, 2.45) is 0 Å². The van der Waals surface area contributed by atoms with Gasteiger partial charge in [0.2, 0.25) is 5.91 Å². The largest absolute Gasteiger partial charge is 0.324 e. The fraction of sp³-hybridized carbons (Fsp3) is 0.130. The molecule has 0 aliphatic heterocycles. The first-order valence-corrected chi connectivity index (χ1v) is 11.3. The van der Waals surface area contributed by atoms with E-state index in [0.717, 1.165) is 15.6 Å². The van der Waals surface area contributed by atoms with Crippen LogP contribution in [0.1, 0.15) is 11.1 Å². The number of aryl methyl sites for hydroxylation is 2. The molecule has 0 bridgehead atoms. The molecule has 0 aliphatic rings. The second-order valence-electron chi connectivity index (χ2n) is 7.06. The minimum absolute atomic E-state index is 0.0942. The summed E-state index contributed by atoms with van der Waals surface area (Å²) >= 11 is 4.67. The van der Waals surface area contributed by atoms with E-state index in [1.165, 1.54) is 16.3 Å². The third-order valence-corrected chi connectivity index (χ3v) is 6.20. The number of fused-ring (bicyclic) bond motifs is 1. The van der Waals surface area contributed by atoms with Gasteiger partial charge in [0.15, 0.2) is 5.16 Å². The molecule has 4 aromatic rings. The summed E-state index contributed by atoms with van der Waals surface area (Å²) in [4.78, 5) is 34.8. The van der Waals surface area contributed by atoms with Crippen LogP contribution in [0.15, 0.2) is 75.2 Å². The van der Waals surface area contributed by atoms with E-state index in [1.54, 1.807) is 24.4 Å². The molecular formula is C23H19BrN4O2S. The number of nitrogens with zero attached hydrogens (tertiary/aromatic N) is 3. The van der Waals surface area contributed by atoms with Crippen LogP contribution in [0.2, 0.25) is 0 Å². The van der Waals surface area contributed by atoms with E-state index >= 15 is 0 Å². The molecular weight excluding hydrogens is 476 g/mol. The first-order chi connectivity index (χ1) is 14.9. The highest BCUT2D eigenvalue weighted by Crippen LogP contribution is 2.25.